The van der Waals surface area contributed by atoms with Crippen molar-refractivity contribution in [2.24, 2.45) is 5.92 Å². The first-order chi connectivity index (χ1) is 16.1. The van der Waals surface area contributed by atoms with Crippen molar-refractivity contribution in [2.75, 3.05) is 18.2 Å². The Labute approximate surface area is 196 Å². The van der Waals surface area contributed by atoms with E-state index in [4.69, 9.17) is 0 Å². The van der Waals surface area contributed by atoms with E-state index >= 15 is 0 Å². The summed E-state index contributed by atoms with van der Waals surface area (Å²) in [6, 6.07) is 4.46. The van der Waals surface area contributed by atoms with Crippen LogP contribution >= 0.6 is 0 Å². The standard InChI is InChI=1S/C21H20F6N2O5S/c1-34-16-9-14(5-6-15(16)19(31,20(22,23)24)21(25,26)27)29-17(30)8-13-4-7-18(28-10-13)35(32,33)11-12-2-3-12/h4-7,9-10,12,31H,2-3,8,11H2,1H3,(H,29,30). The second-order valence-corrected chi connectivity index (χ2v) is 10.1. The van der Waals surface area contributed by atoms with Gasteiger partial charge in [-0.25, -0.2) is 13.4 Å². The second kappa shape index (κ2) is 9.30. The van der Waals surface area contributed by atoms with Gasteiger partial charge in [-0.2, -0.15) is 26.3 Å². The van der Waals surface area contributed by atoms with Crippen LogP contribution in [0.1, 0.15) is 24.0 Å². The van der Waals surface area contributed by atoms with E-state index in [-0.39, 0.29) is 28.8 Å². The maximum Gasteiger partial charge on any atom is 0.430 e. The molecule has 35 heavy (non-hydrogen) atoms. The molecule has 1 aromatic carbocycles. The highest BCUT2D eigenvalue weighted by molar-refractivity contribution is 7.91. The van der Waals surface area contributed by atoms with Gasteiger partial charge in [0.05, 0.1) is 19.3 Å². The van der Waals surface area contributed by atoms with Gasteiger partial charge in [-0.15, -0.1) is 0 Å². The normalized spacial score (nSPS) is 15.1. The van der Waals surface area contributed by atoms with Gasteiger partial charge in [0, 0.05) is 23.5 Å². The summed E-state index contributed by atoms with van der Waals surface area (Å²) in [4.78, 5) is 16.2. The molecular formula is C21H20F6N2O5S. The molecule has 1 saturated carbocycles. The summed E-state index contributed by atoms with van der Waals surface area (Å²) in [5.41, 5.74) is -6.66. The molecule has 1 aliphatic carbocycles. The lowest BCUT2D eigenvalue weighted by atomic mass is 9.91. The summed E-state index contributed by atoms with van der Waals surface area (Å²) < 4.78 is 108. The number of nitrogens with one attached hydrogen (secondary N) is 1. The minimum Gasteiger partial charge on any atom is -0.496 e. The Morgan fingerprint density at radius 1 is 1.11 bits per heavy atom. The molecule has 192 valence electrons. The van der Waals surface area contributed by atoms with E-state index < -0.39 is 45.0 Å². The van der Waals surface area contributed by atoms with Crippen molar-refractivity contribution >= 4 is 21.4 Å². The van der Waals surface area contributed by atoms with Crippen LogP contribution in [0.3, 0.4) is 0 Å². The van der Waals surface area contributed by atoms with Gasteiger partial charge in [0.1, 0.15) is 5.75 Å². The predicted molar refractivity (Wildman–Crippen MR) is 110 cm³/mol. The number of ether oxygens (including phenoxy) is 1. The lowest BCUT2D eigenvalue weighted by Crippen LogP contribution is -2.54. The highest BCUT2D eigenvalue weighted by atomic mass is 32.2. The van der Waals surface area contributed by atoms with E-state index in [9.17, 15) is 44.7 Å². The van der Waals surface area contributed by atoms with Gasteiger partial charge < -0.3 is 15.2 Å². The van der Waals surface area contributed by atoms with Crippen LogP contribution in [0.15, 0.2) is 41.6 Å². The van der Waals surface area contributed by atoms with E-state index in [0.717, 1.165) is 26.0 Å². The van der Waals surface area contributed by atoms with Crippen LogP contribution in [0.25, 0.3) is 0 Å². The number of sulfone groups is 1. The molecule has 0 radical (unpaired) electrons. The van der Waals surface area contributed by atoms with Gasteiger partial charge in [-0.3, -0.25) is 4.79 Å². The fourth-order valence-corrected chi connectivity index (χ4v) is 4.92. The molecule has 0 aliphatic heterocycles. The molecule has 0 unspecified atom stereocenters. The van der Waals surface area contributed by atoms with Crippen LogP contribution in [0, 0.1) is 5.92 Å². The Bertz CT molecular complexity index is 1180. The number of benzene rings is 1. The highest BCUT2D eigenvalue weighted by Gasteiger charge is 2.72. The van der Waals surface area contributed by atoms with E-state index in [0.29, 0.717) is 17.7 Å². The van der Waals surface area contributed by atoms with E-state index in [1.165, 1.54) is 18.3 Å². The SMILES string of the molecule is COc1cc(NC(=O)Cc2ccc(S(=O)(=O)CC3CC3)nc2)ccc1C(O)(C(F)(F)F)C(F)(F)F. The van der Waals surface area contributed by atoms with Crippen LogP contribution in [0.4, 0.5) is 32.0 Å². The van der Waals surface area contributed by atoms with E-state index in [1.54, 1.807) is 0 Å². The molecular weight excluding hydrogens is 506 g/mol. The zero-order valence-corrected chi connectivity index (χ0v) is 18.9. The van der Waals surface area contributed by atoms with Crippen molar-refractivity contribution < 1.29 is 49.4 Å². The zero-order valence-electron chi connectivity index (χ0n) is 18.1. The number of rotatable bonds is 8. The van der Waals surface area contributed by atoms with Crippen molar-refractivity contribution in [2.45, 2.75) is 42.2 Å². The number of aliphatic hydroxyl groups is 1. The topological polar surface area (TPSA) is 106 Å². The number of nitrogens with zero attached hydrogens (tertiary/aromatic N) is 1. The molecule has 2 aromatic rings. The summed E-state index contributed by atoms with van der Waals surface area (Å²) in [6.45, 7) is 0. The summed E-state index contributed by atoms with van der Waals surface area (Å²) in [5, 5.41) is 11.8. The van der Waals surface area contributed by atoms with Crippen LogP contribution in [-0.2, 0) is 26.7 Å². The quantitative estimate of drug-likeness (QED) is 0.508. The minimum absolute atomic E-state index is 0.00450. The number of carbonyl (C=O) groups is 1. The number of pyridine rings is 1. The van der Waals surface area contributed by atoms with Gasteiger partial charge >= 0.3 is 12.4 Å². The second-order valence-electron chi connectivity index (χ2n) is 8.08. The molecule has 0 bridgehead atoms. The molecule has 1 heterocycles. The van der Waals surface area contributed by atoms with Crippen molar-refractivity contribution in [1.29, 1.82) is 0 Å². The van der Waals surface area contributed by atoms with Gasteiger partial charge in [-0.1, -0.05) is 6.07 Å². The molecule has 14 heteroatoms. The van der Waals surface area contributed by atoms with Crippen LogP contribution in [0.2, 0.25) is 0 Å². The fraction of sp³-hybridized carbons (Fsp3) is 0.429. The fourth-order valence-electron chi connectivity index (χ4n) is 3.30. The van der Waals surface area contributed by atoms with Crippen molar-refractivity contribution in [3.63, 3.8) is 0 Å². The van der Waals surface area contributed by atoms with Gasteiger partial charge in [0.15, 0.2) is 14.9 Å². The number of anilines is 1. The molecule has 3 rings (SSSR count). The van der Waals surface area contributed by atoms with Crippen molar-refractivity contribution in [1.82, 2.24) is 4.98 Å². The molecule has 0 saturated heterocycles. The first-order valence-electron chi connectivity index (χ1n) is 10.1. The molecule has 7 nitrogen and oxygen atoms in total. The van der Waals surface area contributed by atoms with Crippen molar-refractivity contribution in [3.05, 3.63) is 47.7 Å². The summed E-state index contributed by atoms with van der Waals surface area (Å²) in [7, 11) is -2.73. The lowest BCUT2D eigenvalue weighted by Gasteiger charge is -2.33. The summed E-state index contributed by atoms with van der Waals surface area (Å²) in [6.07, 6.45) is -9.64. The van der Waals surface area contributed by atoms with Crippen LogP contribution < -0.4 is 10.1 Å². The molecule has 1 fully saturated rings. The maximum absolute atomic E-state index is 13.2. The van der Waals surface area contributed by atoms with E-state index in [2.05, 4.69) is 15.0 Å². The smallest absolute Gasteiger partial charge is 0.430 e. The zero-order chi connectivity index (χ0) is 26.2. The average Bonchev–Trinajstić information content (AvgIpc) is 3.55. The maximum atomic E-state index is 13.2. The molecule has 0 spiro atoms. The number of amides is 1. The molecule has 1 amide bonds. The molecule has 2 N–H and O–H groups in total. The Hall–Kier alpha value is -2.87. The lowest BCUT2D eigenvalue weighted by molar-refractivity contribution is -0.376. The highest BCUT2D eigenvalue weighted by Crippen LogP contribution is 2.52. The Kier molecular flexibility index (Phi) is 7.10. The van der Waals surface area contributed by atoms with Crippen LogP contribution in [-0.4, -0.2) is 49.6 Å². The number of carbonyl (C=O) groups excluding carboxylic acids is 1. The van der Waals surface area contributed by atoms with Gasteiger partial charge in [0.2, 0.25) is 5.91 Å². The summed E-state index contributed by atoms with van der Waals surface area (Å²) in [5.74, 6) is -1.54. The van der Waals surface area contributed by atoms with Crippen LogP contribution in [0.5, 0.6) is 5.75 Å². The monoisotopic (exact) mass is 526 g/mol. The van der Waals surface area contributed by atoms with Gasteiger partial charge in [0.25, 0.3) is 5.60 Å². The number of alkyl halides is 6. The average molecular weight is 526 g/mol. The number of halogens is 6. The third kappa shape index (κ3) is 5.69. The first kappa shape index (κ1) is 26.7. The Morgan fingerprint density at radius 2 is 1.74 bits per heavy atom. The predicted octanol–water partition coefficient (Wildman–Crippen LogP) is 3.77. The van der Waals surface area contributed by atoms with Gasteiger partial charge in [-0.05, 0) is 42.5 Å². The number of hydrogen-bond acceptors (Lipinski definition) is 6. The molecule has 0 atom stereocenters. The minimum atomic E-state index is -6.10. The largest absolute Gasteiger partial charge is 0.496 e. The first-order valence-corrected chi connectivity index (χ1v) is 11.8. The molecule has 1 aromatic heterocycles. The Morgan fingerprint density at radius 3 is 2.23 bits per heavy atom. The third-order valence-corrected chi connectivity index (χ3v) is 7.12. The third-order valence-electron chi connectivity index (χ3n) is 5.33. The number of hydrogen-bond donors (Lipinski definition) is 2. The van der Waals surface area contributed by atoms with Crippen molar-refractivity contribution in [3.8, 4) is 5.75 Å². The Balaban J connectivity index is 1.75. The van der Waals surface area contributed by atoms with E-state index in [1.807, 2.05) is 0 Å². The molecule has 1 aliphatic rings. The summed E-state index contributed by atoms with van der Waals surface area (Å²) >= 11 is 0. The number of aromatic nitrogens is 1. The number of methoxy groups -OCH3 is 1.